The largest absolute Gasteiger partial charge is 0.508 e. The Balaban J connectivity index is 0.000000214. The molecular weight excluding hydrogens is 400 g/mol. The average molecular weight is 427 g/mol. The van der Waals surface area contributed by atoms with Gasteiger partial charge < -0.3 is 10.1 Å². The fourth-order valence-electron chi connectivity index (χ4n) is 3.30. The Hall–Kier alpha value is -3.11. The van der Waals surface area contributed by atoms with Crippen molar-refractivity contribution in [1.82, 2.24) is 4.98 Å². The number of aromatic amines is 1. The van der Waals surface area contributed by atoms with Crippen molar-refractivity contribution in [1.29, 1.82) is 5.26 Å². The minimum Gasteiger partial charge on any atom is -0.508 e. The lowest BCUT2D eigenvalue weighted by Crippen LogP contribution is -2.07. The first kappa shape index (κ1) is 23.2. The van der Waals surface area contributed by atoms with E-state index >= 15 is 0 Å². The molecule has 0 spiro atoms. The Labute approximate surface area is 176 Å². The summed E-state index contributed by atoms with van der Waals surface area (Å²) in [6.45, 7) is 6.24. The van der Waals surface area contributed by atoms with E-state index in [2.05, 4.69) is 31.8 Å². The van der Waals surface area contributed by atoms with Gasteiger partial charge in [0.2, 0.25) is 0 Å². The van der Waals surface area contributed by atoms with E-state index in [9.17, 15) is 18.3 Å². The minimum absolute atomic E-state index is 0.186. The number of nitrogens with zero attached hydrogens (tertiary/aromatic N) is 1. The molecule has 2 aromatic carbocycles. The van der Waals surface area contributed by atoms with Crippen LogP contribution >= 0.6 is 0 Å². The fraction of sp³-hybridized carbons (Fsp3) is 0.304. The average Bonchev–Trinajstić information content (AvgIpc) is 2.69. The second-order valence-corrected chi connectivity index (χ2v) is 9.36. The van der Waals surface area contributed by atoms with Gasteiger partial charge in [-0.05, 0) is 53.8 Å². The molecule has 0 amide bonds. The van der Waals surface area contributed by atoms with E-state index in [1.807, 2.05) is 6.07 Å². The predicted molar refractivity (Wildman–Crippen MR) is 119 cm³/mol. The fourth-order valence-corrected chi connectivity index (χ4v) is 4.20. The van der Waals surface area contributed by atoms with Gasteiger partial charge >= 0.3 is 0 Å². The number of aromatic nitrogens is 1. The second-order valence-electron chi connectivity index (χ2n) is 7.38. The number of sulfone groups is 1. The van der Waals surface area contributed by atoms with Gasteiger partial charge in [-0.2, -0.15) is 5.26 Å². The molecule has 0 fully saturated rings. The second kappa shape index (κ2) is 9.59. The van der Waals surface area contributed by atoms with E-state index in [0.29, 0.717) is 22.3 Å². The minimum atomic E-state index is -3.30. The number of H-pyrrole nitrogens is 1. The molecule has 30 heavy (non-hydrogen) atoms. The van der Waals surface area contributed by atoms with Gasteiger partial charge in [0.1, 0.15) is 5.75 Å². The highest BCUT2D eigenvalue weighted by molar-refractivity contribution is 7.91. The number of hydrogen-bond acceptors (Lipinski definition) is 5. The molecule has 158 valence electrons. The van der Waals surface area contributed by atoms with Crippen molar-refractivity contribution in [3.63, 3.8) is 0 Å². The van der Waals surface area contributed by atoms with Crippen LogP contribution < -0.4 is 5.56 Å². The lowest BCUT2D eigenvalue weighted by atomic mass is 9.92. The zero-order valence-corrected chi connectivity index (χ0v) is 18.4. The Kier molecular flexibility index (Phi) is 7.41. The summed E-state index contributed by atoms with van der Waals surface area (Å²) < 4.78 is 22.9. The summed E-state index contributed by atoms with van der Waals surface area (Å²) in [6.07, 6.45) is 4.44. The lowest BCUT2D eigenvalue weighted by molar-refractivity contribution is 0.465. The van der Waals surface area contributed by atoms with Crippen molar-refractivity contribution in [2.45, 2.75) is 44.4 Å². The molecule has 0 radical (unpaired) electrons. The van der Waals surface area contributed by atoms with Gasteiger partial charge in [0.05, 0.1) is 16.5 Å². The van der Waals surface area contributed by atoms with Crippen LogP contribution in [0.25, 0.3) is 10.8 Å². The van der Waals surface area contributed by atoms with Gasteiger partial charge in [-0.25, -0.2) is 8.42 Å². The summed E-state index contributed by atoms with van der Waals surface area (Å²) in [6, 6.07) is 11.8. The Morgan fingerprint density at radius 3 is 2.43 bits per heavy atom. The number of benzene rings is 2. The molecule has 0 unspecified atom stereocenters. The van der Waals surface area contributed by atoms with E-state index in [1.54, 1.807) is 24.3 Å². The van der Waals surface area contributed by atoms with E-state index in [4.69, 9.17) is 5.26 Å². The van der Waals surface area contributed by atoms with Crippen LogP contribution in [-0.2, 0) is 16.3 Å². The first-order chi connectivity index (χ1) is 14.1. The quantitative estimate of drug-likeness (QED) is 0.647. The molecule has 0 saturated carbocycles. The van der Waals surface area contributed by atoms with Gasteiger partial charge in [-0.1, -0.05) is 33.3 Å². The highest BCUT2D eigenvalue weighted by Gasteiger charge is 2.13. The zero-order chi connectivity index (χ0) is 22.5. The van der Waals surface area contributed by atoms with E-state index in [1.165, 1.54) is 12.3 Å². The maximum atomic E-state index is 11.4. The van der Waals surface area contributed by atoms with E-state index < -0.39 is 9.84 Å². The SMILES string of the molecule is CCCc1c(O)cc(C#N)cc1C(C)C.CS(=O)(=O)c1cccc2c(=O)[nH]ccc12. The molecular formula is C23H26N2O4S. The molecule has 0 aliphatic rings. The number of pyridine rings is 1. The van der Waals surface area contributed by atoms with Crippen molar-refractivity contribution >= 4 is 20.6 Å². The Morgan fingerprint density at radius 1 is 1.17 bits per heavy atom. The van der Waals surface area contributed by atoms with Crippen LogP contribution in [0, 0.1) is 11.3 Å². The van der Waals surface area contributed by atoms with E-state index in [-0.39, 0.29) is 16.2 Å². The molecule has 6 nitrogen and oxygen atoms in total. The third-order valence-corrected chi connectivity index (χ3v) is 5.84. The maximum Gasteiger partial charge on any atom is 0.255 e. The summed E-state index contributed by atoms with van der Waals surface area (Å²) >= 11 is 0. The number of aromatic hydroxyl groups is 1. The van der Waals surface area contributed by atoms with Crippen molar-refractivity contribution in [3.05, 3.63) is 69.6 Å². The van der Waals surface area contributed by atoms with Crippen LogP contribution in [0.4, 0.5) is 0 Å². The summed E-state index contributed by atoms with van der Waals surface area (Å²) in [7, 11) is -3.30. The zero-order valence-electron chi connectivity index (χ0n) is 17.6. The summed E-state index contributed by atoms with van der Waals surface area (Å²) in [5, 5.41) is 19.5. The maximum absolute atomic E-state index is 11.4. The molecule has 2 N–H and O–H groups in total. The monoisotopic (exact) mass is 426 g/mol. The molecule has 0 aliphatic carbocycles. The molecule has 0 saturated heterocycles. The van der Waals surface area contributed by atoms with Crippen molar-refractivity contribution in [2.24, 2.45) is 0 Å². The summed E-state index contributed by atoms with van der Waals surface area (Å²) in [5.41, 5.74) is 2.34. The first-order valence-electron chi connectivity index (χ1n) is 9.66. The molecule has 0 bridgehead atoms. The number of nitriles is 1. The third kappa shape index (κ3) is 5.28. The standard InChI is InChI=1S/C13H17NO.C10H9NO3S/c1-4-5-11-12(9(2)3)6-10(8-14)7-13(11)15;1-15(13,14)9-4-2-3-8-7(9)5-6-11-10(8)12/h6-7,9,15H,4-5H2,1-3H3;2-6H,1H3,(H,11,12). The predicted octanol–water partition coefficient (Wildman–Crippen LogP) is 4.27. The molecule has 3 aromatic rings. The molecule has 3 rings (SSSR count). The van der Waals surface area contributed by atoms with Crippen LogP contribution in [0.15, 0.2) is 52.3 Å². The Morgan fingerprint density at radius 2 is 1.87 bits per heavy atom. The van der Waals surface area contributed by atoms with Crippen LogP contribution in [0.3, 0.4) is 0 Å². The number of rotatable bonds is 4. The number of phenols is 1. The normalized spacial score (nSPS) is 11.1. The van der Waals surface area contributed by atoms with Gasteiger partial charge in [0.25, 0.3) is 5.56 Å². The van der Waals surface area contributed by atoms with Gasteiger partial charge in [0.15, 0.2) is 9.84 Å². The van der Waals surface area contributed by atoms with Gasteiger partial charge in [-0.3, -0.25) is 4.79 Å². The number of hydrogen-bond donors (Lipinski definition) is 2. The van der Waals surface area contributed by atoms with Crippen molar-refractivity contribution in [2.75, 3.05) is 6.26 Å². The summed E-state index contributed by atoms with van der Waals surface area (Å²) in [5.74, 6) is 0.602. The molecule has 0 aliphatic heterocycles. The number of phenolic OH excluding ortho intramolecular Hbond substituents is 1. The van der Waals surface area contributed by atoms with Crippen LogP contribution in [0.1, 0.15) is 49.8 Å². The highest BCUT2D eigenvalue weighted by Crippen LogP contribution is 2.30. The molecule has 1 heterocycles. The molecule has 1 aromatic heterocycles. The number of fused-ring (bicyclic) bond motifs is 1. The van der Waals surface area contributed by atoms with Crippen LogP contribution in [0.2, 0.25) is 0 Å². The number of nitrogens with one attached hydrogen (secondary N) is 1. The van der Waals surface area contributed by atoms with Gasteiger partial charge in [-0.15, -0.1) is 0 Å². The first-order valence-corrected chi connectivity index (χ1v) is 11.6. The van der Waals surface area contributed by atoms with E-state index in [0.717, 1.165) is 30.2 Å². The molecule has 7 heteroatoms. The lowest BCUT2D eigenvalue weighted by Gasteiger charge is -2.14. The van der Waals surface area contributed by atoms with Crippen LogP contribution in [0.5, 0.6) is 5.75 Å². The molecule has 0 atom stereocenters. The topological polar surface area (TPSA) is 111 Å². The summed E-state index contributed by atoms with van der Waals surface area (Å²) in [4.78, 5) is 14.1. The van der Waals surface area contributed by atoms with Crippen LogP contribution in [-0.4, -0.2) is 24.8 Å². The smallest absolute Gasteiger partial charge is 0.255 e. The Bertz CT molecular complexity index is 1250. The van der Waals surface area contributed by atoms with Crippen molar-refractivity contribution in [3.8, 4) is 11.8 Å². The van der Waals surface area contributed by atoms with Gasteiger partial charge in [0, 0.05) is 23.2 Å². The third-order valence-electron chi connectivity index (χ3n) is 4.69. The highest BCUT2D eigenvalue weighted by atomic mass is 32.2. The van der Waals surface area contributed by atoms with Crippen molar-refractivity contribution < 1.29 is 13.5 Å².